The van der Waals surface area contributed by atoms with Crippen molar-refractivity contribution in [1.29, 1.82) is 0 Å². The first-order valence-corrected chi connectivity index (χ1v) is 12.3. The Morgan fingerprint density at radius 1 is 0.676 bits per heavy atom. The summed E-state index contributed by atoms with van der Waals surface area (Å²) in [7, 11) is 0. The summed E-state index contributed by atoms with van der Waals surface area (Å²) in [4.78, 5) is 0. The summed E-state index contributed by atoms with van der Waals surface area (Å²) in [6.45, 7) is 12.7. The van der Waals surface area contributed by atoms with Gasteiger partial charge in [0, 0.05) is 12.1 Å². The number of ether oxygens (including phenoxy) is 3. The molecule has 0 aromatic heterocycles. The molecule has 0 heterocycles. The van der Waals surface area contributed by atoms with E-state index in [1.165, 1.54) is 0 Å². The minimum Gasteiger partial charge on any atom is -0.493 e. The third kappa shape index (κ3) is 7.57. The van der Waals surface area contributed by atoms with Crippen molar-refractivity contribution in [2.75, 3.05) is 19.8 Å². The molecule has 0 bridgehead atoms. The molecular weight excluding hydrogens is 441 g/mol. The quantitative estimate of drug-likeness (QED) is 0.272. The van der Waals surface area contributed by atoms with Gasteiger partial charge in [-0.15, -0.1) is 0 Å². The highest BCUT2D eigenvalue weighted by Crippen LogP contribution is 2.43. The van der Waals surface area contributed by atoms with Crippen LogP contribution in [0.1, 0.15) is 66.4 Å². The third-order valence-corrected chi connectivity index (χ3v) is 6.27. The van der Waals surface area contributed by atoms with Gasteiger partial charge in [0.2, 0.25) is 0 Å². The van der Waals surface area contributed by atoms with E-state index in [0.29, 0.717) is 48.6 Å². The molecule has 0 saturated heterocycles. The van der Waals surface area contributed by atoms with Gasteiger partial charge in [-0.1, -0.05) is 60.8 Å². The second-order valence-corrected chi connectivity index (χ2v) is 9.32. The Morgan fingerprint density at radius 3 is 1.47 bits per heavy atom. The minimum atomic E-state index is -1.21. The zero-order valence-corrected chi connectivity index (χ0v) is 21.3. The van der Waals surface area contributed by atoms with Crippen molar-refractivity contribution in [3.8, 4) is 28.4 Å². The van der Waals surface area contributed by atoms with Gasteiger partial charge in [0.05, 0.1) is 30.9 Å². The van der Waals surface area contributed by atoms with Crippen LogP contribution < -0.4 is 14.2 Å². The Balaban J connectivity index is 2.63. The fraction of sp³-hybridized carbons (Fsp3) is 0.571. The normalized spacial score (nSPS) is 13.9. The van der Waals surface area contributed by atoms with Crippen LogP contribution in [0.3, 0.4) is 0 Å². The maximum Gasteiger partial charge on any atom is 0.134 e. The predicted octanol–water partition coefficient (Wildman–Crippen LogP) is 8.38. The zero-order chi connectivity index (χ0) is 25.3. The molecule has 2 aromatic rings. The second kappa shape index (κ2) is 13.5. The van der Waals surface area contributed by atoms with Crippen molar-refractivity contribution >= 4 is 0 Å². The summed E-state index contributed by atoms with van der Waals surface area (Å²) < 4.78 is 60.5. The van der Waals surface area contributed by atoms with Gasteiger partial charge in [-0.2, -0.15) is 0 Å². The van der Waals surface area contributed by atoms with E-state index in [0.717, 1.165) is 31.4 Å². The molecule has 2 aromatic carbocycles. The molecule has 0 saturated carbocycles. The van der Waals surface area contributed by atoms with Crippen LogP contribution in [0, 0.1) is 29.4 Å². The van der Waals surface area contributed by atoms with E-state index in [2.05, 4.69) is 41.5 Å². The lowest BCUT2D eigenvalue weighted by molar-refractivity contribution is 0.234. The standard InChI is InChI=1S/C28H39F3O3/c1-7-18(4)15-32-22-12-26(33-16-19(5)8-2)28(27(13-22)34-17-20(6)9-3)21-10-24(30)23(14-29)25(31)11-21/h10-13,18-20H,7-9,14-17H2,1-6H3/t18-,19-,20-/m0/s1. The average molecular weight is 481 g/mol. The summed E-state index contributed by atoms with van der Waals surface area (Å²) in [5.74, 6) is 0.481. The fourth-order valence-corrected chi connectivity index (χ4v) is 3.09. The first-order chi connectivity index (χ1) is 16.2. The van der Waals surface area contributed by atoms with Gasteiger partial charge in [-0.3, -0.25) is 0 Å². The van der Waals surface area contributed by atoms with Crippen LogP contribution in [-0.4, -0.2) is 19.8 Å². The maximum atomic E-state index is 14.5. The first kappa shape index (κ1) is 27.9. The molecule has 3 nitrogen and oxygen atoms in total. The molecule has 0 aliphatic carbocycles. The number of halogens is 3. The first-order valence-electron chi connectivity index (χ1n) is 12.3. The molecule has 0 fully saturated rings. The lowest BCUT2D eigenvalue weighted by Crippen LogP contribution is -2.12. The summed E-state index contributed by atoms with van der Waals surface area (Å²) in [5, 5.41) is 0. The molecule has 34 heavy (non-hydrogen) atoms. The van der Waals surface area contributed by atoms with E-state index < -0.39 is 23.9 Å². The van der Waals surface area contributed by atoms with Gasteiger partial charge in [0.25, 0.3) is 0 Å². The van der Waals surface area contributed by atoms with Crippen LogP contribution in [0.2, 0.25) is 0 Å². The van der Waals surface area contributed by atoms with Crippen LogP contribution in [0.25, 0.3) is 11.1 Å². The molecule has 0 aliphatic rings. The summed E-state index contributed by atoms with van der Waals surface area (Å²) in [5.41, 5.74) is 0.0890. The lowest BCUT2D eigenvalue weighted by Gasteiger charge is -2.22. The van der Waals surface area contributed by atoms with Crippen molar-refractivity contribution in [3.63, 3.8) is 0 Å². The molecule has 6 heteroatoms. The minimum absolute atomic E-state index is 0.235. The Bertz CT molecular complexity index is 858. The van der Waals surface area contributed by atoms with Crippen molar-refractivity contribution in [3.05, 3.63) is 41.5 Å². The number of hydrogen-bond donors (Lipinski definition) is 0. The molecule has 3 atom stereocenters. The highest BCUT2D eigenvalue weighted by Gasteiger charge is 2.21. The smallest absolute Gasteiger partial charge is 0.134 e. The Labute approximate surface area is 202 Å². The summed E-state index contributed by atoms with van der Waals surface area (Å²) in [6, 6.07) is 5.77. The highest BCUT2D eigenvalue weighted by atomic mass is 19.1. The molecule has 0 amide bonds. The molecule has 190 valence electrons. The van der Waals surface area contributed by atoms with Crippen LogP contribution in [-0.2, 0) is 6.67 Å². The van der Waals surface area contributed by atoms with Crippen LogP contribution in [0.5, 0.6) is 17.2 Å². The molecule has 0 radical (unpaired) electrons. The molecule has 0 aliphatic heterocycles. The lowest BCUT2D eigenvalue weighted by atomic mass is 10.00. The van der Waals surface area contributed by atoms with E-state index in [9.17, 15) is 13.2 Å². The van der Waals surface area contributed by atoms with E-state index in [1.807, 2.05) is 0 Å². The van der Waals surface area contributed by atoms with Crippen molar-refractivity contribution in [1.82, 2.24) is 0 Å². The van der Waals surface area contributed by atoms with Gasteiger partial charge in [0.15, 0.2) is 0 Å². The summed E-state index contributed by atoms with van der Waals surface area (Å²) >= 11 is 0. The fourth-order valence-electron chi connectivity index (χ4n) is 3.09. The molecule has 2 rings (SSSR count). The number of alkyl halides is 1. The van der Waals surface area contributed by atoms with Crippen LogP contribution >= 0.6 is 0 Å². The summed E-state index contributed by atoms with van der Waals surface area (Å²) in [6.07, 6.45) is 2.82. The topological polar surface area (TPSA) is 27.7 Å². The van der Waals surface area contributed by atoms with E-state index >= 15 is 0 Å². The van der Waals surface area contributed by atoms with E-state index in [1.54, 1.807) is 12.1 Å². The van der Waals surface area contributed by atoms with Gasteiger partial charge in [-0.05, 0) is 35.4 Å². The largest absolute Gasteiger partial charge is 0.493 e. The van der Waals surface area contributed by atoms with E-state index in [4.69, 9.17) is 14.2 Å². The third-order valence-electron chi connectivity index (χ3n) is 6.27. The Hall–Kier alpha value is -2.37. The number of rotatable bonds is 14. The Kier molecular flexibility index (Phi) is 11.1. The van der Waals surface area contributed by atoms with Crippen LogP contribution in [0.15, 0.2) is 24.3 Å². The zero-order valence-electron chi connectivity index (χ0n) is 21.3. The molecule has 0 spiro atoms. The predicted molar refractivity (Wildman–Crippen MR) is 131 cm³/mol. The molecule has 0 unspecified atom stereocenters. The second-order valence-electron chi connectivity index (χ2n) is 9.32. The monoisotopic (exact) mass is 480 g/mol. The van der Waals surface area contributed by atoms with Gasteiger partial charge in [-0.25, -0.2) is 13.2 Å². The highest BCUT2D eigenvalue weighted by molar-refractivity contribution is 5.78. The molecule has 0 N–H and O–H groups in total. The number of benzene rings is 2. The van der Waals surface area contributed by atoms with Crippen LogP contribution in [0.4, 0.5) is 13.2 Å². The number of hydrogen-bond acceptors (Lipinski definition) is 3. The van der Waals surface area contributed by atoms with Gasteiger partial charge in [0.1, 0.15) is 35.6 Å². The Morgan fingerprint density at radius 2 is 1.09 bits per heavy atom. The van der Waals surface area contributed by atoms with Crippen molar-refractivity contribution < 1.29 is 27.4 Å². The SMILES string of the molecule is CC[C@H](C)COc1cc(OC[C@@H](C)CC)c(-c2cc(F)c(CF)c(F)c2)c(OC[C@@H](C)CC)c1. The van der Waals surface area contributed by atoms with Gasteiger partial charge >= 0.3 is 0 Å². The van der Waals surface area contributed by atoms with Crippen molar-refractivity contribution in [2.45, 2.75) is 67.5 Å². The molecular formula is C28H39F3O3. The van der Waals surface area contributed by atoms with Crippen molar-refractivity contribution in [2.24, 2.45) is 17.8 Å². The van der Waals surface area contributed by atoms with Gasteiger partial charge < -0.3 is 14.2 Å². The average Bonchev–Trinajstić information content (AvgIpc) is 2.83. The van der Waals surface area contributed by atoms with E-state index in [-0.39, 0.29) is 17.4 Å². The maximum absolute atomic E-state index is 14.5.